The monoisotopic (exact) mass is 488 g/mol. The van der Waals surface area contributed by atoms with Crippen molar-refractivity contribution in [3.05, 3.63) is 33.7 Å². The Kier molecular flexibility index (Phi) is 7.86. The molecule has 10 nitrogen and oxygen atoms in total. The van der Waals surface area contributed by atoms with Crippen molar-refractivity contribution in [1.29, 1.82) is 0 Å². The molecule has 4 rings (SSSR count). The van der Waals surface area contributed by atoms with E-state index in [1.165, 1.54) is 44.4 Å². The Labute approximate surface area is 212 Å². The van der Waals surface area contributed by atoms with E-state index in [1.807, 2.05) is 24.4 Å². The van der Waals surface area contributed by atoms with Crippen molar-refractivity contribution in [2.45, 2.75) is 35.2 Å². The number of carbonyl (C=O) groups is 3. The molecule has 0 bridgehead atoms. The predicted molar refractivity (Wildman–Crippen MR) is 109 cm³/mol. The maximum Gasteiger partial charge on any atom is 1.00 e. The number of amides is 2. The Hall–Kier alpha value is -1.38. The molecule has 1 N–H and O–H groups in total. The molecule has 2 amide bonds. The van der Waals surface area contributed by atoms with Gasteiger partial charge in [-0.1, -0.05) is 17.8 Å². The molecule has 158 valence electrons. The summed E-state index contributed by atoms with van der Waals surface area (Å²) in [5.74, 6) is -1.81. The zero-order valence-electron chi connectivity index (χ0n) is 17.0. The number of tetrazole rings is 1. The summed E-state index contributed by atoms with van der Waals surface area (Å²) in [6.45, 7) is 1.88. The summed E-state index contributed by atoms with van der Waals surface area (Å²) < 4.78 is 1.49. The van der Waals surface area contributed by atoms with E-state index in [2.05, 4.69) is 20.8 Å². The smallest absolute Gasteiger partial charge is 0.543 e. The summed E-state index contributed by atoms with van der Waals surface area (Å²) in [6.07, 6.45) is 0.186. The molecule has 4 heterocycles. The standard InChI is InChI=1S/C17H18N6O4S3.Na/c1-8-10(7-29-17-19-20-21-22(17)2)13(16(26)27)23-14(25)12(15(23)30-8)18-11(24)6-9-4-3-5-28-9;/h3-5,8,12,15H,6-7H2,1-2H3,(H,18,24)(H,26,27);/q;+1/p-1/t8-,12?,15-;/m1./s1. The molecule has 2 aromatic rings. The Balaban J connectivity index is 0.00000272. The van der Waals surface area contributed by atoms with Gasteiger partial charge in [0, 0.05) is 22.9 Å². The molecule has 14 heteroatoms. The minimum Gasteiger partial charge on any atom is -0.543 e. The van der Waals surface area contributed by atoms with E-state index in [9.17, 15) is 19.5 Å². The van der Waals surface area contributed by atoms with Crippen molar-refractivity contribution in [1.82, 2.24) is 30.4 Å². The molecule has 2 aliphatic rings. The van der Waals surface area contributed by atoms with Crippen molar-refractivity contribution >= 4 is 52.6 Å². The molecule has 0 aliphatic carbocycles. The second-order valence-electron chi connectivity index (χ2n) is 6.71. The summed E-state index contributed by atoms with van der Waals surface area (Å²) in [6, 6.07) is 2.95. The summed E-state index contributed by atoms with van der Waals surface area (Å²) >= 11 is 4.19. The second-order valence-corrected chi connectivity index (χ2v) is 10.2. The van der Waals surface area contributed by atoms with Gasteiger partial charge in [0.1, 0.15) is 11.4 Å². The maximum absolute atomic E-state index is 12.7. The fourth-order valence-electron chi connectivity index (χ4n) is 3.31. The van der Waals surface area contributed by atoms with Crippen molar-refractivity contribution in [2.24, 2.45) is 7.05 Å². The molecular formula is C17H17N6NaO4S3. The molecule has 0 saturated carbocycles. The van der Waals surface area contributed by atoms with Crippen LogP contribution < -0.4 is 40.0 Å². The van der Waals surface area contributed by atoms with E-state index in [-0.39, 0.29) is 52.8 Å². The van der Waals surface area contributed by atoms with Gasteiger partial charge in [-0.05, 0) is 34.4 Å². The molecule has 31 heavy (non-hydrogen) atoms. The van der Waals surface area contributed by atoms with Crippen LogP contribution in [-0.4, -0.2) is 65.3 Å². The van der Waals surface area contributed by atoms with Crippen LogP contribution in [0.5, 0.6) is 0 Å². The maximum atomic E-state index is 12.7. The number of aryl methyl sites for hydroxylation is 1. The summed E-state index contributed by atoms with van der Waals surface area (Å²) in [5.41, 5.74) is 0.448. The van der Waals surface area contributed by atoms with Crippen molar-refractivity contribution < 1.29 is 49.0 Å². The van der Waals surface area contributed by atoms with E-state index in [0.29, 0.717) is 16.5 Å². The number of thioether (sulfide) groups is 2. The largest absolute Gasteiger partial charge is 1.00 e. The Morgan fingerprint density at radius 2 is 2.16 bits per heavy atom. The Morgan fingerprint density at radius 1 is 1.39 bits per heavy atom. The summed E-state index contributed by atoms with van der Waals surface area (Å²) in [7, 11) is 1.69. The van der Waals surface area contributed by atoms with Gasteiger partial charge < -0.3 is 15.2 Å². The number of hydrogen-bond acceptors (Lipinski definition) is 10. The minimum atomic E-state index is -1.41. The number of carboxylic acids is 1. The van der Waals surface area contributed by atoms with Crippen LogP contribution in [0.2, 0.25) is 0 Å². The normalized spacial score (nSPS) is 22.5. The Bertz CT molecular complexity index is 1030. The molecule has 1 saturated heterocycles. The third-order valence-electron chi connectivity index (χ3n) is 4.79. The minimum absolute atomic E-state index is 0. The SMILES string of the molecule is C[C@H]1S[C@@H]2C(NC(=O)Cc3cccs3)C(=O)N2C(C(=O)[O-])=C1CSc1nnnn1C.[Na+]. The summed E-state index contributed by atoms with van der Waals surface area (Å²) in [4.78, 5) is 39.1. The molecule has 1 fully saturated rings. The van der Waals surface area contributed by atoms with Gasteiger partial charge in [0.2, 0.25) is 11.1 Å². The van der Waals surface area contributed by atoms with Crippen LogP contribution in [0, 0.1) is 0 Å². The van der Waals surface area contributed by atoms with Crippen molar-refractivity contribution in [2.75, 3.05) is 5.75 Å². The van der Waals surface area contributed by atoms with Gasteiger partial charge in [-0.2, -0.15) is 0 Å². The van der Waals surface area contributed by atoms with Crippen LogP contribution >= 0.6 is 34.9 Å². The van der Waals surface area contributed by atoms with E-state index in [0.717, 1.165) is 4.88 Å². The van der Waals surface area contributed by atoms with Gasteiger partial charge in [-0.3, -0.25) is 14.5 Å². The summed E-state index contributed by atoms with van der Waals surface area (Å²) in [5, 5.41) is 27.6. The zero-order valence-corrected chi connectivity index (χ0v) is 21.4. The van der Waals surface area contributed by atoms with E-state index >= 15 is 0 Å². The number of aliphatic carboxylic acids is 1. The first-order valence-corrected chi connectivity index (χ1v) is 11.8. The molecule has 0 radical (unpaired) electrons. The fraction of sp³-hybridized carbons (Fsp3) is 0.412. The molecular weight excluding hydrogens is 471 g/mol. The van der Waals surface area contributed by atoms with Crippen LogP contribution in [0.15, 0.2) is 33.9 Å². The number of carboxylic acid groups (broad SMARTS) is 1. The molecule has 2 aliphatic heterocycles. The average molecular weight is 489 g/mol. The zero-order chi connectivity index (χ0) is 21.4. The molecule has 2 aromatic heterocycles. The van der Waals surface area contributed by atoms with Gasteiger partial charge in [0.25, 0.3) is 5.91 Å². The molecule has 0 spiro atoms. The average Bonchev–Trinajstić information content (AvgIpc) is 3.36. The second kappa shape index (κ2) is 10.0. The Morgan fingerprint density at radius 3 is 2.77 bits per heavy atom. The van der Waals surface area contributed by atoms with Gasteiger partial charge in [0.15, 0.2) is 0 Å². The van der Waals surface area contributed by atoms with Crippen LogP contribution in [0.1, 0.15) is 11.8 Å². The van der Waals surface area contributed by atoms with Crippen molar-refractivity contribution in [3.63, 3.8) is 0 Å². The number of thiophene rings is 1. The fourth-order valence-corrected chi connectivity index (χ4v) is 6.56. The van der Waals surface area contributed by atoms with Crippen LogP contribution in [-0.2, 0) is 27.9 Å². The molecule has 0 aromatic carbocycles. The number of nitrogens with one attached hydrogen (secondary N) is 1. The van der Waals surface area contributed by atoms with Gasteiger partial charge in [-0.15, -0.1) is 28.2 Å². The molecule has 1 unspecified atom stereocenters. The predicted octanol–water partition coefficient (Wildman–Crippen LogP) is -3.60. The molecule has 3 atom stereocenters. The van der Waals surface area contributed by atoms with E-state index < -0.39 is 23.3 Å². The third-order valence-corrected chi connectivity index (χ3v) is 8.18. The number of β-lactam (4-membered cyclic amide) rings is 1. The van der Waals surface area contributed by atoms with E-state index in [1.54, 1.807) is 7.05 Å². The number of nitrogens with zero attached hydrogens (tertiary/aromatic N) is 5. The van der Waals surface area contributed by atoms with Crippen LogP contribution in [0.4, 0.5) is 0 Å². The first-order chi connectivity index (χ1) is 14.4. The van der Waals surface area contributed by atoms with Gasteiger partial charge in [-0.25, -0.2) is 4.68 Å². The number of aromatic nitrogens is 4. The number of rotatable bonds is 7. The quantitative estimate of drug-likeness (QED) is 0.238. The van der Waals surface area contributed by atoms with Crippen molar-refractivity contribution in [3.8, 4) is 0 Å². The van der Waals surface area contributed by atoms with Crippen LogP contribution in [0.3, 0.4) is 0 Å². The van der Waals surface area contributed by atoms with E-state index in [4.69, 9.17) is 0 Å². The number of fused-ring (bicyclic) bond motifs is 1. The number of hydrogen-bond donors (Lipinski definition) is 1. The topological polar surface area (TPSA) is 133 Å². The number of carbonyl (C=O) groups excluding carboxylic acids is 3. The third kappa shape index (κ3) is 4.86. The van der Waals surface area contributed by atoms with Gasteiger partial charge in [0.05, 0.1) is 18.1 Å². The van der Waals surface area contributed by atoms with Crippen LogP contribution in [0.25, 0.3) is 0 Å². The first kappa shape index (κ1) is 24.3. The van der Waals surface area contributed by atoms with Gasteiger partial charge >= 0.3 is 29.6 Å². The first-order valence-electron chi connectivity index (χ1n) is 8.96.